The van der Waals surface area contributed by atoms with E-state index >= 15 is 0 Å². The van der Waals surface area contributed by atoms with Crippen LogP contribution >= 0.6 is 0 Å². The maximum atomic E-state index is 12.3. The van der Waals surface area contributed by atoms with Gasteiger partial charge in [0, 0.05) is 0 Å². The number of aliphatic hydroxyl groups is 2. The maximum Gasteiger partial charge on any atom is 0.416 e. The summed E-state index contributed by atoms with van der Waals surface area (Å²) in [5.41, 5.74) is -0.816. The van der Waals surface area contributed by atoms with E-state index in [1.165, 1.54) is 12.1 Å². The molecule has 0 radical (unpaired) electrons. The van der Waals surface area contributed by atoms with Crippen molar-refractivity contribution in [2.45, 2.75) is 12.3 Å². The van der Waals surface area contributed by atoms with Gasteiger partial charge in [-0.3, -0.25) is 0 Å². The van der Waals surface area contributed by atoms with Gasteiger partial charge >= 0.3 is 6.18 Å². The van der Waals surface area contributed by atoms with E-state index in [-0.39, 0.29) is 12.4 Å². The number of ether oxygens (including phenoxy) is 1. The van der Waals surface area contributed by atoms with E-state index in [9.17, 15) is 13.2 Å². The SMILES string of the molecule is OC[C@@H](O)COc1cccc(C(F)(F)F)c1. The molecule has 0 bridgehead atoms. The normalized spacial score (nSPS) is 13.6. The Labute approximate surface area is 90.1 Å². The van der Waals surface area contributed by atoms with Crippen LogP contribution in [0.5, 0.6) is 5.75 Å². The van der Waals surface area contributed by atoms with Gasteiger partial charge < -0.3 is 14.9 Å². The Morgan fingerprint density at radius 3 is 2.56 bits per heavy atom. The van der Waals surface area contributed by atoms with Crippen LogP contribution in [-0.4, -0.2) is 29.5 Å². The molecule has 0 spiro atoms. The van der Waals surface area contributed by atoms with Crippen LogP contribution in [0.25, 0.3) is 0 Å². The third-order valence-electron chi connectivity index (χ3n) is 1.81. The summed E-state index contributed by atoms with van der Waals surface area (Å²) in [4.78, 5) is 0. The van der Waals surface area contributed by atoms with Gasteiger partial charge in [-0.1, -0.05) is 6.07 Å². The number of hydrogen-bond donors (Lipinski definition) is 2. The molecule has 6 heteroatoms. The first kappa shape index (κ1) is 12.8. The van der Waals surface area contributed by atoms with Crippen LogP contribution in [0, 0.1) is 0 Å². The molecular formula is C10H11F3O3. The molecule has 0 aromatic heterocycles. The van der Waals surface area contributed by atoms with Crippen molar-refractivity contribution in [3.8, 4) is 5.75 Å². The molecule has 0 unspecified atom stereocenters. The second kappa shape index (κ2) is 5.18. The average Bonchev–Trinajstić information content (AvgIpc) is 2.25. The summed E-state index contributed by atoms with van der Waals surface area (Å²) < 4.78 is 41.7. The minimum absolute atomic E-state index is 0.00215. The Morgan fingerprint density at radius 2 is 2.00 bits per heavy atom. The zero-order valence-corrected chi connectivity index (χ0v) is 8.24. The van der Waals surface area contributed by atoms with Gasteiger partial charge in [0.25, 0.3) is 0 Å². The lowest BCUT2D eigenvalue weighted by molar-refractivity contribution is -0.137. The number of hydrogen-bond acceptors (Lipinski definition) is 3. The van der Waals surface area contributed by atoms with Crippen LogP contribution in [0.4, 0.5) is 13.2 Å². The predicted octanol–water partition coefficient (Wildman–Crippen LogP) is 1.44. The highest BCUT2D eigenvalue weighted by molar-refractivity contribution is 5.30. The first-order valence-corrected chi connectivity index (χ1v) is 4.52. The topological polar surface area (TPSA) is 49.7 Å². The number of aliphatic hydroxyl groups excluding tert-OH is 2. The molecule has 0 fully saturated rings. The van der Waals surface area contributed by atoms with Gasteiger partial charge in [0.2, 0.25) is 0 Å². The van der Waals surface area contributed by atoms with Gasteiger partial charge in [-0.15, -0.1) is 0 Å². The molecule has 2 N–H and O–H groups in total. The molecular weight excluding hydrogens is 225 g/mol. The fourth-order valence-electron chi connectivity index (χ4n) is 1.01. The summed E-state index contributed by atoms with van der Waals surface area (Å²) in [6.45, 7) is -0.753. The van der Waals surface area contributed by atoms with Gasteiger partial charge in [-0.25, -0.2) is 0 Å². The lowest BCUT2D eigenvalue weighted by atomic mass is 10.2. The monoisotopic (exact) mass is 236 g/mol. The van der Waals surface area contributed by atoms with Gasteiger partial charge in [0.05, 0.1) is 12.2 Å². The lowest BCUT2D eigenvalue weighted by Gasteiger charge is -2.12. The molecule has 90 valence electrons. The molecule has 0 saturated carbocycles. The van der Waals surface area contributed by atoms with Crippen molar-refractivity contribution < 1.29 is 28.1 Å². The van der Waals surface area contributed by atoms with E-state index in [0.717, 1.165) is 12.1 Å². The van der Waals surface area contributed by atoms with Gasteiger partial charge in [-0.05, 0) is 18.2 Å². The molecule has 1 rings (SSSR count). The quantitative estimate of drug-likeness (QED) is 0.831. The fraction of sp³-hybridized carbons (Fsp3) is 0.400. The van der Waals surface area contributed by atoms with Crippen molar-refractivity contribution in [2.24, 2.45) is 0 Å². The van der Waals surface area contributed by atoms with Crippen molar-refractivity contribution in [1.29, 1.82) is 0 Å². The molecule has 0 aliphatic carbocycles. The molecule has 1 atom stereocenters. The molecule has 0 aliphatic heterocycles. The Kier molecular flexibility index (Phi) is 4.14. The van der Waals surface area contributed by atoms with Gasteiger partial charge in [-0.2, -0.15) is 13.2 Å². The Balaban J connectivity index is 2.68. The molecule has 1 aromatic rings. The summed E-state index contributed by atoms with van der Waals surface area (Å²) >= 11 is 0. The second-order valence-corrected chi connectivity index (χ2v) is 3.17. The van der Waals surface area contributed by atoms with E-state index in [2.05, 4.69) is 0 Å². The molecule has 0 heterocycles. The van der Waals surface area contributed by atoms with E-state index < -0.39 is 24.5 Å². The highest BCUT2D eigenvalue weighted by atomic mass is 19.4. The van der Waals surface area contributed by atoms with Gasteiger partial charge in [0.15, 0.2) is 0 Å². The Hall–Kier alpha value is -1.27. The molecule has 0 aliphatic rings. The summed E-state index contributed by atoms with van der Waals surface area (Å²) in [6, 6.07) is 4.32. The smallest absolute Gasteiger partial charge is 0.416 e. The highest BCUT2D eigenvalue weighted by Gasteiger charge is 2.30. The van der Waals surface area contributed by atoms with E-state index in [1.54, 1.807) is 0 Å². The van der Waals surface area contributed by atoms with Crippen LogP contribution < -0.4 is 4.74 Å². The van der Waals surface area contributed by atoms with Crippen molar-refractivity contribution >= 4 is 0 Å². The van der Waals surface area contributed by atoms with Crippen LogP contribution in [0.2, 0.25) is 0 Å². The predicted molar refractivity (Wildman–Crippen MR) is 50.0 cm³/mol. The summed E-state index contributed by atoms with van der Waals surface area (Å²) in [5.74, 6) is 0.00215. The molecule has 0 saturated heterocycles. The van der Waals surface area contributed by atoms with Crippen LogP contribution in [-0.2, 0) is 6.18 Å². The molecule has 3 nitrogen and oxygen atoms in total. The van der Waals surface area contributed by atoms with E-state index in [0.29, 0.717) is 0 Å². The summed E-state index contributed by atoms with van der Waals surface area (Å²) in [5, 5.41) is 17.4. The third kappa shape index (κ3) is 3.71. The van der Waals surface area contributed by atoms with Crippen LogP contribution in [0.15, 0.2) is 24.3 Å². The largest absolute Gasteiger partial charge is 0.491 e. The molecule has 16 heavy (non-hydrogen) atoms. The Bertz CT molecular complexity index is 338. The minimum Gasteiger partial charge on any atom is -0.491 e. The molecule has 1 aromatic carbocycles. The van der Waals surface area contributed by atoms with Crippen molar-refractivity contribution in [1.82, 2.24) is 0 Å². The van der Waals surface area contributed by atoms with Crippen molar-refractivity contribution in [3.05, 3.63) is 29.8 Å². The first-order valence-electron chi connectivity index (χ1n) is 4.52. The van der Waals surface area contributed by atoms with Crippen molar-refractivity contribution in [2.75, 3.05) is 13.2 Å². The first-order chi connectivity index (χ1) is 7.43. The van der Waals surface area contributed by atoms with Crippen LogP contribution in [0.3, 0.4) is 0 Å². The maximum absolute atomic E-state index is 12.3. The second-order valence-electron chi connectivity index (χ2n) is 3.17. The average molecular weight is 236 g/mol. The summed E-state index contributed by atoms with van der Waals surface area (Å²) in [7, 11) is 0. The molecule has 0 amide bonds. The zero-order valence-electron chi connectivity index (χ0n) is 8.24. The lowest BCUT2D eigenvalue weighted by Crippen LogP contribution is -2.21. The van der Waals surface area contributed by atoms with Crippen molar-refractivity contribution in [3.63, 3.8) is 0 Å². The van der Waals surface area contributed by atoms with Gasteiger partial charge in [0.1, 0.15) is 18.5 Å². The minimum atomic E-state index is -4.42. The number of rotatable bonds is 4. The zero-order chi connectivity index (χ0) is 12.2. The highest BCUT2D eigenvalue weighted by Crippen LogP contribution is 2.31. The van der Waals surface area contributed by atoms with E-state index in [4.69, 9.17) is 14.9 Å². The van der Waals surface area contributed by atoms with E-state index in [1.807, 2.05) is 0 Å². The fourth-order valence-corrected chi connectivity index (χ4v) is 1.01. The number of benzene rings is 1. The summed E-state index contributed by atoms with van der Waals surface area (Å²) in [6.07, 6.45) is -5.52. The standard InChI is InChI=1S/C10H11F3O3/c11-10(12,13)7-2-1-3-9(4-7)16-6-8(15)5-14/h1-4,8,14-15H,5-6H2/t8-/m1/s1. The van der Waals surface area contributed by atoms with Crippen LogP contribution in [0.1, 0.15) is 5.56 Å². The number of alkyl halides is 3. The number of halogens is 3. The Morgan fingerprint density at radius 1 is 1.31 bits per heavy atom. The third-order valence-corrected chi connectivity index (χ3v) is 1.81.